The van der Waals surface area contributed by atoms with Crippen LogP contribution in [-0.2, 0) is 0 Å². The summed E-state index contributed by atoms with van der Waals surface area (Å²) in [5.41, 5.74) is 0. The first-order chi connectivity index (χ1) is 6.74. The summed E-state index contributed by atoms with van der Waals surface area (Å²) in [5, 5.41) is 3.43. The molecule has 1 unspecified atom stereocenters. The van der Waals surface area contributed by atoms with Crippen LogP contribution in [0, 0.1) is 11.8 Å². The lowest BCUT2D eigenvalue weighted by atomic mass is 10.2. The zero-order valence-corrected chi connectivity index (χ0v) is 10.8. The van der Waals surface area contributed by atoms with Crippen molar-refractivity contribution in [3.05, 3.63) is 20.8 Å². The Labute approximate surface area is 98.0 Å². The average molecular weight is 272 g/mol. The van der Waals surface area contributed by atoms with E-state index in [4.69, 9.17) is 0 Å². The van der Waals surface area contributed by atoms with Crippen LogP contribution in [0.15, 0.2) is 15.9 Å². The summed E-state index contributed by atoms with van der Waals surface area (Å²) in [7, 11) is 0. The zero-order chi connectivity index (χ0) is 10.4. The van der Waals surface area contributed by atoms with Gasteiger partial charge in [0.15, 0.2) is 0 Å². The molecule has 1 nitrogen and oxygen atoms in total. The molecule has 1 atom stereocenters. The standard InChI is InChI=1S/C11H14BrNS/c1-3-4-5-8-13-9(2)10-6-7-11(12)14-10/h6-7,9,13H,5,8H2,1-2H3. The average Bonchev–Trinajstić information content (AvgIpc) is 2.59. The fraction of sp³-hybridized carbons (Fsp3) is 0.455. The van der Waals surface area contributed by atoms with E-state index < -0.39 is 0 Å². The van der Waals surface area contributed by atoms with Gasteiger partial charge in [-0.1, -0.05) is 0 Å². The van der Waals surface area contributed by atoms with E-state index in [1.165, 1.54) is 8.66 Å². The van der Waals surface area contributed by atoms with Gasteiger partial charge in [0.1, 0.15) is 0 Å². The lowest BCUT2D eigenvalue weighted by molar-refractivity contribution is 0.592. The van der Waals surface area contributed by atoms with Gasteiger partial charge < -0.3 is 5.32 Å². The molecule has 76 valence electrons. The topological polar surface area (TPSA) is 12.0 Å². The summed E-state index contributed by atoms with van der Waals surface area (Å²) < 4.78 is 1.19. The van der Waals surface area contributed by atoms with E-state index in [1.807, 2.05) is 6.92 Å². The van der Waals surface area contributed by atoms with Crippen LogP contribution >= 0.6 is 27.3 Å². The van der Waals surface area contributed by atoms with E-state index >= 15 is 0 Å². The van der Waals surface area contributed by atoms with Crippen molar-refractivity contribution < 1.29 is 0 Å². The van der Waals surface area contributed by atoms with E-state index in [0.29, 0.717) is 6.04 Å². The SMILES string of the molecule is CC#CCCNC(C)c1ccc(Br)s1. The predicted octanol–water partition coefficient (Wildman–Crippen LogP) is 3.57. The van der Waals surface area contributed by atoms with Gasteiger partial charge in [-0.25, -0.2) is 0 Å². The van der Waals surface area contributed by atoms with Crippen LogP contribution in [0.2, 0.25) is 0 Å². The summed E-state index contributed by atoms with van der Waals surface area (Å²) in [6, 6.07) is 4.66. The fourth-order valence-corrected chi connectivity index (χ4v) is 2.59. The Morgan fingerprint density at radius 2 is 2.36 bits per heavy atom. The number of halogens is 1. The molecule has 0 spiro atoms. The smallest absolute Gasteiger partial charge is 0.0701 e. The van der Waals surface area contributed by atoms with E-state index in [0.717, 1.165) is 13.0 Å². The van der Waals surface area contributed by atoms with Crippen LogP contribution in [-0.4, -0.2) is 6.54 Å². The van der Waals surface area contributed by atoms with Crippen LogP contribution in [0.25, 0.3) is 0 Å². The molecule has 0 saturated carbocycles. The predicted molar refractivity (Wildman–Crippen MR) is 66.5 cm³/mol. The Morgan fingerprint density at radius 3 is 2.93 bits per heavy atom. The highest BCUT2D eigenvalue weighted by molar-refractivity contribution is 9.11. The molecule has 0 aliphatic heterocycles. The second kappa shape index (κ2) is 6.23. The third-order valence-corrected chi connectivity index (χ3v) is 3.70. The molecule has 0 bridgehead atoms. The fourth-order valence-electron chi connectivity index (χ4n) is 1.14. The first kappa shape index (κ1) is 11.8. The van der Waals surface area contributed by atoms with Crippen LogP contribution in [0.4, 0.5) is 0 Å². The van der Waals surface area contributed by atoms with E-state index in [-0.39, 0.29) is 0 Å². The van der Waals surface area contributed by atoms with E-state index in [1.54, 1.807) is 11.3 Å². The molecule has 1 aromatic heterocycles. The van der Waals surface area contributed by atoms with Gasteiger partial charge in [-0.2, -0.15) is 0 Å². The van der Waals surface area contributed by atoms with Crippen molar-refractivity contribution in [3.8, 4) is 11.8 Å². The maximum absolute atomic E-state index is 3.46. The highest BCUT2D eigenvalue weighted by atomic mass is 79.9. The molecule has 1 aromatic rings. The number of nitrogens with one attached hydrogen (secondary N) is 1. The van der Waals surface area contributed by atoms with Crippen molar-refractivity contribution in [2.45, 2.75) is 26.3 Å². The molecule has 1 heterocycles. The van der Waals surface area contributed by atoms with Gasteiger partial charge in [0, 0.05) is 23.9 Å². The van der Waals surface area contributed by atoms with Crippen molar-refractivity contribution in [3.63, 3.8) is 0 Å². The van der Waals surface area contributed by atoms with Gasteiger partial charge in [0.05, 0.1) is 3.79 Å². The van der Waals surface area contributed by atoms with Gasteiger partial charge in [0.25, 0.3) is 0 Å². The maximum atomic E-state index is 3.46. The molecule has 0 amide bonds. The molecule has 0 fully saturated rings. The minimum atomic E-state index is 0.421. The lowest BCUT2D eigenvalue weighted by Gasteiger charge is -2.09. The number of hydrogen-bond acceptors (Lipinski definition) is 2. The van der Waals surface area contributed by atoms with E-state index in [2.05, 4.69) is 52.1 Å². The van der Waals surface area contributed by atoms with Crippen molar-refractivity contribution in [1.82, 2.24) is 5.32 Å². The normalized spacial score (nSPS) is 11.9. The first-order valence-corrected chi connectivity index (χ1v) is 6.23. The zero-order valence-electron chi connectivity index (χ0n) is 8.43. The Kier molecular flexibility index (Phi) is 5.24. The molecule has 3 heteroatoms. The van der Waals surface area contributed by atoms with Crippen molar-refractivity contribution in [1.29, 1.82) is 0 Å². The molecule has 0 aromatic carbocycles. The molecular weight excluding hydrogens is 258 g/mol. The molecule has 1 rings (SSSR count). The number of thiophene rings is 1. The Hall–Kier alpha value is -0.300. The summed E-state index contributed by atoms with van der Waals surface area (Å²) in [4.78, 5) is 1.36. The largest absolute Gasteiger partial charge is 0.309 e. The second-order valence-corrected chi connectivity index (χ2v) is 5.49. The van der Waals surface area contributed by atoms with Crippen molar-refractivity contribution in [2.24, 2.45) is 0 Å². The minimum Gasteiger partial charge on any atom is -0.309 e. The van der Waals surface area contributed by atoms with Gasteiger partial charge in [-0.15, -0.1) is 23.2 Å². The van der Waals surface area contributed by atoms with Gasteiger partial charge in [-0.05, 0) is 41.9 Å². The Morgan fingerprint density at radius 1 is 1.57 bits per heavy atom. The third-order valence-electron chi connectivity index (χ3n) is 1.90. The first-order valence-electron chi connectivity index (χ1n) is 4.62. The van der Waals surface area contributed by atoms with Crippen LogP contribution in [0.1, 0.15) is 31.2 Å². The monoisotopic (exact) mass is 271 g/mol. The van der Waals surface area contributed by atoms with Crippen LogP contribution < -0.4 is 5.32 Å². The molecule has 0 radical (unpaired) electrons. The highest BCUT2D eigenvalue weighted by Gasteiger charge is 2.05. The Bertz CT molecular complexity index is 335. The van der Waals surface area contributed by atoms with Crippen molar-refractivity contribution >= 4 is 27.3 Å². The molecule has 0 aliphatic rings. The molecule has 14 heavy (non-hydrogen) atoms. The van der Waals surface area contributed by atoms with E-state index in [9.17, 15) is 0 Å². The summed E-state index contributed by atoms with van der Waals surface area (Å²) >= 11 is 5.24. The molecule has 0 aliphatic carbocycles. The maximum Gasteiger partial charge on any atom is 0.0701 e. The number of rotatable bonds is 4. The van der Waals surface area contributed by atoms with Crippen LogP contribution in [0.3, 0.4) is 0 Å². The molecule has 1 N–H and O–H groups in total. The summed E-state index contributed by atoms with van der Waals surface area (Å²) in [5.74, 6) is 5.93. The third kappa shape index (κ3) is 3.83. The second-order valence-electron chi connectivity index (χ2n) is 2.99. The molecule has 0 saturated heterocycles. The summed E-state index contributed by atoms with van der Waals surface area (Å²) in [6.45, 7) is 5.01. The van der Waals surface area contributed by atoms with Gasteiger partial charge >= 0.3 is 0 Å². The van der Waals surface area contributed by atoms with Gasteiger partial charge in [0.2, 0.25) is 0 Å². The minimum absolute atomic E-state index is 0.421. The van der Waals surface area contributed by atoms with Gasteiger partial charge in [-0.3, -0.25) is 0 Å². The quantitative estimate of drug-likeness (QED) is 0.652. The molecular formula is C11H14BrNS. The van der Waals surface area contributed by atoms with Crippen LogP contribution in [0.5, 0.6) is 0 Å². The Balaban J connectivity index is 2.34. The lowest BCUT2D eigenvalue weighted by Crippen LogP contribution is -2.18. The highest BCUT2D eigenvalue weighted by Crippen LogP contribution is 2.26. The van der Waals surface area contributed by atoms with Crippen molar-refractivity contribution in [2.75, 3.05) is 6.54 Å². The number of hydrogen-bond donors (Lipinski definition) is 1. The summed E-state index contributed by atoms with van der Waals surface area (Å²) in [6.07, 6.45) is 0.924.